The number of ether oxygens (including phenoxy) is 1. The van der Waals surface area contributed by atoms with Gasteiger partial charge in [0.2, 0.25) is 19.1 Å². The van der Waals surface area contributed by atoms with Gasteiger partial charge in [-0.1, -0.05) is 82.2 Å². The number of benzene rings is 5. The molecular formula is C84H101Cl3N14O14S2. The van der Waals surface area contributed by atoms with Gasteiger partial charge in [0.25, 0.3) is 29.5 Å². The predicted octanol–water partition coefficient (Wildman–Crippen LogP) is 12.0. The molecule has 3 saturated heterocycles. The van der Waals surface area contributed by atoms with Crippen molar-refractivity contribution in [2.24, 2.45) is 15.0 Å². The number of amidine groups is 3. The van der Waals surface area contributed by atoms with E-state index in [1.54, 1.807) is 63.4 Å². The third kappa shape index (κ3) is 21.5. The largest absolute Gasteiger partial charge is 0.444 e. The predicted molar refractivity (Wildman–Crippen MR) is 452 cm³/mol. The average Bonchev–Trinajstić information content (AvgIpc) is 1.63. The van der Waals surface area contributed by atoms with Crippen molar-refractivity contribution in [3.8, 4) is 33.4 Å². The van der Waals surface area contributed by atoms with Gasteiger partial charge < -0.3 is 54.3 Å². The minimum atomic E-state index is -3.54. The van der Waals surface area contributed by atoms with Crippen molar-refractivity contribution in [1.29, 1.82) is 0 Å². The van der Waals surface area contributed by atoms with E-state index in [2.05, 4.69) is 36.7 Å². The Bertz CT molecular complexity index is 5330. The Labute approximate surface area is 697 Å². The Morgan fingerprint density at radius 2 is 0.829 bits per heavy atom. The molecule has 9 heterocycles. The van der Waals surface area contributed by atoms with Gasteiger partial charge in [0, 0.05) is 110 Å². The van der Waals surface area contributed by atoms with Crippen LogP contribution < -0.4 is 21.3 Å². The number of carbonyl (C=O) groups excluding carboxylic acids is 6. The molecule has 0 radical (unpaired) electrons. The molecule has 6 aliphatic rings. The first-order valence-electron chi connectivity index (χ1n) is 38.4. The number of likely N-dealkylation sites (tertiary alicyclic amines) is 1. The molecule has 33 heteroatoms. The first-order valence-corrected chi connectivity index (χ1v) is 43.5. The van der Waals surface area contributed by atoms with E-state index in [9.17, 15) is 45.6 Å². The summed E-state index contributed by atoms with van der Waals surface area (Å²) in [5.74, 6) is 3.35. The summed E-state index contributed by atoms with van der Waals surface area (Å²) in [5, 5.41) is 24.4. The van der Waals surface area contributed by atoms with E-state index in [0.717, 1.165) is 127 Å². The number of hydrogen-bond acceptors (Lipinski definition) is 21. The van der Waals surface area contributed by atoms with Crippen molar-refractivity contribution >= 4 is 106 Å². The number of hydrogen-bond donors (Lipinski definition) is 4. The van der Waals surface area contributed by atoms with E-state index in [4.69, 9.17) is 67.2 Å². The lowest BCUT2D eigenvalue weighted by Gasteiger charge is -2.36. The monoisotopic (exact) mass is 1700 g/mol. The molecule has 3 spiro atoms. The zero-order chi connectivity index (χ0) is 85.3. The third-order valence-electron chi connectivity index (χ3n) is 21.2. The van der Waals surface area contributed by atoms with Crippen molar-refractivity contribution in [3.63, 3.8) is 0 Å². The molecule has 624 valence electrons. The van der Waals surface area contributed by atoms with Gasteiger partial charge in [0.15, 0.2) is 0 Å². The highest BCUT2D eigenvalue weighted by Gasteiger charge is 2.50. The summed E-state index contributed by atoms with van der Waals surface area (Å²) in [4.78, 5) is 93.9. The van der Waals surface area contributed by atoms with Crippen LogP contribution in [0.25, 0.3) is 33.4 Å². The molecule has 4 N–H and O–H groups in total. The molecule has 6 amide bonds. The molecule has 0 aliphatic carbocycles. The van der Waals surface area contributed by atoms with Gasteiger partial charge in [-0.25, -0.2) is 25.9 Å². The number of aliphatic imine (C=N–C) groups is 3. The van der Waals surface area contributed by atoms with Gasteiger partial charge >= 0.3 is 6.09 Å². The number of sulfonamides is 1. The quantitative estimate of drug-likeness (QED) is 0.0547. The molecule has 14 rings (SSSR count). The number of aryl methyl sites for hydroxylation is 10. The van der Waals surface area contributed by atoms with E-state index in [1.165, 1.54) is 14.1 Å². The van der Waals surface area contributed by atoms with Crippen molar-refractivity contribution in [2.45, 2.75) is 150 Å². The van der Waals surface area contributed by atoms with E-state index >= 15 is 0 Å². The fraction of sp³-hybridized carbons (Fsp3) is 0.429. The number of halogens is 3. The normalized spacial score (nSPS) is 16.6. The molecule has 28 nitrogen and oxygen atoms in total. The maximum atomic E-state index is 13.2. The fourth-order valence-corrected chi connectivity index (χ4v) is 17.0. The fourth-order valence-electron chi connectivity index (χ4n) is 14.8. The van der Waals surface area contributed by atoms with E-state index in [1.807, 2.05) is 155 Å². The van der Waals surface area contributed by atoms with Crippen LogP contribution in [0.5, 0.6) is 0 Å². The van der Waals surface area contributed by atoms with Gasteiger partial charge in [-0.15, -0.1) is 23.2 Å². The smallest absolute Gasteiger partial charge is 0.410 e. The summed E-state index contributed by atoms with van der Waals surface area (Å²) in [6, 6.07) is 34.1. The van der Waals surface area contributed by atoms with Gasteiger partial charge in [-0.05, 0) is 222 Å². The summed E-state index contributed by atoms with van der Waals surface area (Å²) < 4.78 is 71.0. The molecule has 6 aliphatic heterocycles. The molecule has 0 bridgehead atoms. The zero-order valence-corrected chi connectivity index (χ0v) is 72.5. The second-order valence-electron chi connectivity index (χ2n) is 31.1. The van der Waals surface area contributed by atoms with Crippen LogP contribution in [-0.4, -0.2) is 211 Å². The van der Waals surface area contributed by atoms with E-state index in [0.29, 0.717) is 86.0 Å². The SMILES string of the molecule is Cc1cc(C(=O)N(C)C)ccc1CCS(=O)(=O)Cl.Cc1cc(C(=O)N(C)C)ccc1CCS(=O)(=O)N1CCC2(CC1)N=C(c1cccc(-c3c(C)noc3C)c1)NC2=O.Cc1noc(C)c1-c1cccc(C2=NC3(CCN(C(=O)OC(C)(C)C)CC3)C(=O)N2)c1.Cc1noc(C)c1-c1cccc(C2=NC3(CCNCC3)C(=O)N2)c1.ClCCl. The number of rotatable bonds is 15. The van der Waals surface area contributed by atoms with Crippen LogP contribution in [0.3, 0.4) is 0 Å². The average molecular weight is 1700 g/mol. The van der Waals surface area contributed by atoms with Gasteiger partial charge in [-0.2, -0.15) is 0 Å². The first kappa shape index (κ1) is 89.4. The van der Waals surface area contributed by atoms with Crippen LogP contribution in [-0.2, 0) is 51.0 Å². The molecule has 0 saturated carbocycles. The maximum absolute atomic E-state index is 13.2. The topological polar surface area (TPSA) is 356 Å². The standard InChI is InChI=1S/C30H35N5O5S.C23H28N4O4.C18H20N4O2.C12H16ClNO3S.CH2Cl2/c1-19-17-25(28(36)34(4)5)10-9-22(19)11-16-41(38,39)35-14-12-30(13-15-35)29(37)31-27(32-30)24-8-6-7-23(18-24)26-20(2)33-40-21(26)3;1-14-18(15(2)31-26-14)16-7-6-8-17(13-16)19-24-20(28)23(25-19)9-11-27(12-10-23)21(29)30-22(3,4)5;1-11-15(12(2)24-22-11)13-4-3-5-14(10-13)16-20-17(23)18(21-16)6-8-19-9-7-18;1-9-8-11(12(15)14(2)3)5-4-10(9)6-7-18(13,16)17;2-1-3/h6-10,17-18H,11-16H2,1-5H3,(H,31,32,37);6-8,13H,9-12H2,1-5H3,(H,24,25,28);3-5,10,19H,6-9H2,1-2H3,(H,20,21,23);4-5,8H,6-7H2,1-3H3;1H2. The van der Waals surface area contributed by atoms with Crippen LogP contribution in [0.15, 0.2) is 138 Å². The second-order valence-corrected chi connectivity index (χ2v) is 36.9. The Balaban J connectivity index is 0.000000169. The number of nitrogens with zero attached hydrogens (tertiary/aromatic N) is 10. The van der Waals surface area contributed by atoms with Crippen molar-refractivity contribution in [2.75, 3.05) is 84.3 Å². The Morgan fingerprint density at radius 3 is 1.15 bits per heavy atom. The molecule has 8 aromatic rings. The van der Waals surface area contributed by atoms with Crippen LogP contribution >= 0.6 is 33.9 Å². The highest BCUT2D eigenvalue weighted by atomic mass is 35.7. The molecular weight excluding hydrogens is 1600 g/mol. The van der Waals surface area contributed by atoms with Gasteiger partial charge in [-0.3, -0.25) is 38.9 Å². The summed E-state index contributed by atoms with van der Waals surface area (Å²) in [6.07, 6.45) is 3.38. The van der Waals surface area contributed by atoms with Crippen LogP contribution in [0.2, 0.25) is 0 Å². The minimum Gasteiger partial charge on any atom is -0.444 e. The van der Waals surface area contributed by atoms with E-state index in [-0.39, 0.29) is 65.6 Å². The number of amides is 6. The van der Waals surface area contributed by atoms with E-state index < -0.39 is 41.3 Å². The summed E-state index contributed by atoms with van der Waals surface area (Å²) in [7, 11) is 4.91. The number of nitrogens with one attached hydrogen (secondary N) is 4. The van der Waals surface area contributed by atoms with Crippen LogP contribution in [0.4, 0.5) is 4.79 Å². The molecule has 5 aromatic carbocycles. The molecule has 117 heavy (non-hydrogen) atoms. The van der Waals surface area contributed by atoms with Gasteiger partial charge in [0.05, 0.1) is 33.9 Å². The highest BCUT2D eigenvalue weighted by Crippen LogP contribution is 2.38. The minimum absolute atomic E-state index is 0.0155. The highest BCUT2D eigenvalue weighted by molar-refractivity contribution is 8.13. The summed E-state index contributed by atoms with van der Waals surface area (Å²) >= 11 is 9.53. The first-order chi connectivity index (χ1) is 55.2. The lowest BCUT2D eigenvalue weighted by Crippen LogP contribution is -2.51. The number of carbonyl (C=O) groups is 6. The molecule has 0 unspecified atom stereocenters. The number of aromatic nitrogens is 3. The zero-order valence-electron chi connectivity index (χ0n) is 68.6. The van der Waals surface area contributed by atoms with Crippen molar-refractivity contribution in [1.82, 2.24) is 55.7 Å². The Kier molecular flexibility index (Phi) is 28.5. The van der Waals surface area contributed by atoms with Crippen LogP contribution in [0, 0.1) is 55.4 Å². The maximum Gasteiger partial charge on any atom is 0.410 e. The van der Waals surface area contributed by atoms with Gasteiger partial charge in [0.1, 0.15) is 57.0 Å². The Hall–Kier alpha value is -9.95. The molecule has 0 atom stereocenters. The molecule has 3 aromatic heterocycles. The summed E-state index contributed by atoms with van der Waals surface area (Å²) in [5.41, 5.74) is 12.5. The summed E-state index contributed by atoms with van der Waals surface area (Å²) in [6.45, 7) is 23.6. The second kappa shape index (κ2) is 37.3. The molecule has 3 fully saturated rings. The lowest BCUT2D eigenvalue weighted by atomic mass is 9.88. The van der Waals surface area contributed by atoms with Crippen molar-refractivity contribution < 1.29 is 63.9 Å². The van der Waals surface area contributed by atoms with Crippen molar-refractivity contribution in [3.05, 3.63) is 194 Å². The number of alkyl halides is 2. The number of piperidine rings is 3. The lowest BCUT2D eigenvalue weighted by molar-refractivity contribution is -0.125. The van der Waals surface area contributed by atoms with Crippen LogP contribution in [0.1, 0.15) is 153 Å². The third-order valence-corrected chi connectivity index (χ3v) is 24.2. The Morgan fingerprint density at radius 1 is 0.496 bits per heavy atom.